The van der Waals surface area contributed by atoms with Gasteiger partial charge in [-0.3, -0.25) is 9.59 Å². The van der Waals surface area contributed by atoms with Crippen LogP contribution in [0.1, 0.15) is 58.3 Å². The highest BCUT2D eigenvalue weighted by Crippen LogP contribution is 2.39. The number of carbonyl (C=O) groups is 2. The third-order valence-corrected chi connectivity index (χ3v) is 5.37. The predicted molar refractivity (Wildman–Crippen MR) is 73.6 cm³/mol. The van der Waals surface area contributed by atoms with E-state index in [1.807, 2.05) is 0 Å². The Morgan fingerprint density at radius 1 is 1.16 bits per heavy atom. The van der Waals surface area contributed by atoms with E-state index >= 15 is 0 Å². The van der Waals surface area contributed by atoms with Crippen LogP contribution < -0.4 is 0 Å². The van der Waals surface area contributed by atoms with Crippen LogP contribution in [0.2, 0.25) is 0 Å². The number of ketones is 1. The van der Waals surface area contributed by atoms with Gasteiger partial charge in [0.15, 0.2) is 0 Å². The molecule has 1 saturated heterocycles. The standard InChI is InChI=1S/C16H25NO2/c1-11(12-8-9-12)16(19)17-10-3-2-6-14(17)13-5-4-7-15(13)18/h11-14H,2-10H2,1H3. The van der Waals surface area contributed by atoms with Gasteiger partial charge < -0.3 is 4.90 Å². The molecular formula is C16H25NO2. The predicted octanol–water partition coefficient (Wildman–Crippen LogP) is 2.78. The summed E-state index contributed by atoms with van der Waals surface area (Å²) in [6, 6.07) is 0.220. The van der Waals surface area contributed by atoms with Crippen LogP contribution in [0.4, 0.5) is 0 Å². The maximum atomic E-state index is 12.7. The average Bonchev–Trinajstić information content (AvgIpc) is 3.19. The molecule has 3 fully saturated rings. The lowest BCUT2D eigenvalue weighted by molar-refractivity contribution is -0.142. The minimum Gasteiger partial charge on any atom is -0.339 e. The molecule has 2 aliphatic carbocycles. The van der Waals surface area contributed by atoms with Crippen LogP contribution in [-0.2, 0) is 9.59 Å². The SMILES string of the molecule is CC(C(=O)N1CCCCC1C1CCCC1=O)C1CC1. The summed E-state index contributed by atoms with van der Waals surface area (Å²) in [5.74, 6) is 1.68. The van der Waals surface area contributed by atoms with Gasteiger partial charge in [-0.2, -0.15) is 0 Å². The molecule has 3 atom stereocenters. The molecule has 0 bridgehead atoms. The van der Waals surface area contributed by atoms with Crippen LogP contribution in [0.5, 0.6) is 0 Å². The van der Waals surface area contributed by atoms with Gasteiger partial charge in [-0.15, -0.1) is 0 Å². The lowest BCUT2D eigenvalue weighted by Gasteiger charge is -2.40. The monoisotopic (exact) mass is 263 g/mol. The number of nitrogens with zero attached hydrogens (tertiary/aromatic N) is 1. The first-order chi connectivity index (χ1) is 9.18. The van der Waals surface area contributed by atoms with Crippen molar-refractivity contribution in [1.29, 1.82) is 0 Å². The summed E-state index contributed by atoms with van der Waals surface area (Å²) in [5.41, 5.74) is 0. The van der Waals surface area contributed by atoms with Crippen LogP contribution >= 0.6 is 0 Å². The maximum Gasteiger partial charge on any atom is 0.225 e. The summed E-state index contributed by atoms with van der Waals surface area (Å²) < 4.78 is 0. The number of likely N-dealkylation sites (tertiary alicyclic amines) is 1. The lowest BCUT2D eigenvalue weighted by Crippen LogP contribution is -2.50. The highest BCUT2D eigenvalue weighted by molar-refractivity contribution is 5.85. The molecular weight excluding hydrogens is 238 g/mol. The first-order valence-corrected chi connectivity index (χ1v) is 8.01. The van der Waals surface area contributed by atoms with Crippen LogP contribution in [0, 0.1) is 17.8 Å². The van der Waals surface area contributed by atoms with Crippen molar-refractivity contribution in [2.24, 2.45) is 17.8 Å². The summed E-state index contributed by atoms with van der Waals surface area (Å²) in [6.45, 7) is 2.96. The van der Waals surface area contributed by atoms with E-state index in [0.29, 0.717) is 17.6 Å². The number of piperidine rings is 1. The highest BCUT2D eigenvalue weighted by Gasteiger charge is 2.42. The topological polar surface area (TPSA) is 37.4 Å². The molecule has 0 spiro atoms. The van der Waals surface area contributed by atoms with Crippen molar-refractivity contribution in [2.75, 3.05) is 6.54 Å². The van der Waals surface area contributed by atoms with Crippen molar-refractivity contribution in [1.82, 2.24) is 4.90 Å². The third-order valence-electron chi connectivity index (χ3n) is 5.37. The molecule has 0 aromatic carbocycles. The Morgan fingerprint density at radius 2 is 1.95 bits per heavy atom. The van der Waals surface area contributed by atoms with E-state index in [4.69, 9.17) is 0 Å². The number of hydrogen-bond acceptors (Lipinski definition) is 2. The molecule has 1 heterocycles. The van der Waals surface area contributed by atoms with Crippen molar-refractivity contribution in [3.63, 3.8) is 0 Å². The first kappa shape index (κ1) is 13.1. The van der Waals surface area contributed by atoms with Gasteiger partial charge in [-0.25, -0.2) is 0 Å². The molecule has 3 unspecified atom stereocenters. The Bertz CT molecular complexity index is 375. The zero-order valence-electron chi connectivity index (χ0n) is 11.9. The van der Waals surface area contributed by atoms with Gasteiger partial charge in [-0.1, -0.05) is 6.92 Å². The molecule has 3 nitrogen and oxygen atoms in total. The number of amides is 1. The molecule has 0 radical (unpaired) electrons. The van der Waals surface area contributed by atoms with E-state index in [9.17, 15) is 9.59 Å². The Hall–Kier alpha value is -0.860. The highest BCUT2D eigenvalue weighted by atomic mass is 16.2. The average molecular weight is 263 g/mol. The van der Waals surface area contributed by atoms with E-state index in [0.717, 1.165) is 38.6 Å². The summed E-state index contributed by atoms with van der Waals surface area (Å²) >= 11 is 0. The van der Waals surface area contributed by atoms with Crippen molar-refractivity contribution in [3.05, 3.63) is 0 Å². The Morgan fingerprint density at radius 3 is 2.58 bits per heavy atom. The van der Waals surface area contributed by atoms with Gasteiger partial charge in [0, 0.05) is 30.8 Å². The van der Waals surface area contributed by atoms with Gasteiger partial charge in [-0.05, 0) is 50.9 Å². The van der Waals surface area contributed by atoms with Crippen LogP contribution in [0.3, 0.4) is 0 Å². The molecule has 3 heteroatoms. The minimum absolute atomic E-state index is 0.149. The number of hydrogen-bond donors (Lipinski definition) is 0. The van der Waals surface area contributed by atoms with Gasteiger partial charge in [0.05, 0.1) is 0 Å². The number of rotatable bonds is 3. The Balaban J connectivity index is 1.72. The van der Waals surface area contributed by atoms with Crippen LogP contribution in [-0.4, -0.2) is 29.2 Å². The van der Waals surface area contributed by atoms with Crippen LogP contribution in [0.25, 0.3) is 0 Å². The van der Waals surface area contributed by atoms with Gasteiger partial charge in [0.25, 0.3) is 0 Å². The zero-order chi connectivity index (χ0) is 13.4. The fourth-order valence-corrected chi connectivity index (χ4v) is 3.96. The van der Waals surface area contributed by atoms with Gasteiger partial charge in [0.2, 0.25) is 5.91 Å². The second kappa shape index (κ2) is 5.26. The van der Waals surface area contributed by atoms with E-state index in [1.165, 1.54) is 19.3 Å². The second-order valence-electron chi connectivity index (χ2n) is 6.69. The normalized spacial score (nSPS) is 33.5. The molecule has 3 rings (SSSR count). The molecule has 1 aliphatic heterocycles. The van der Waals surface area contributed by atoms with Crippen molar-refractivity contribution < 1.29 is 9.59 Å². The van der Waals surface area contributed by atoms with Gasteiger partial charge >= 0.3 is 0 Å². The van der Waals surface area contributed by atoms with Gasteiger partial charge in [0.1, 0.15) is 5.78 Å². The van der Waals surface area contributed by atoms with Crippen molar-refractivity contribution in [2.45, 2.75) is 64.3 Å². The first-order valence-electron chi connectivity index (χ1n) is 8.01. The number of Topliss-reactive ketones (excluding diaryl/α,β-unsaturated/α-hetero) is 1. The molecule has 106 valence electrons. The summed E-state index contributed by atoms with van der Waals surface area (Å²) in [7, 11) is 0. The van der Waals surface area contributed by atoms with Crippen LogP contribution in [0.15, 0.2) is 0 Å². The third kappa shape index (κ3) is 2.56. The molecule has 0 N–H and O–H groups in total. The second-order valence-corrected chi connectivity index (χ2v) is 6.69. The molecule has 1 amide bonds. The minimum atomic E-state index is 0.149. The lowest BCUT2D eigenvalue weighted by atomic mass is 9.87. The quantitative estimate of drug-likeness (QED) is 0.785. The molecule has 19 heavy (non-hydrogen) atoms. The number of carbonyl (C=O) groups excluding carboxylic acids is 2. The summed E-state index contributed by atoms with van der Waals surface area (Å²) in [6.07, 6.45) is 8.53. The van der Waals surface area contributed by atoms with E-state index in [-0.39, 0.29) is 17.9 Å². The summed E-state index contributed by atoms with van der Waals surface area (Å²) in [4.78, 5) is 26.8. The van der Waals surface area contributed by atoms with Crippen molar-refractivity contribution in [3.8, 4) is 0 Å². The smallest absolute Gasteiger partial charge is 0.225 e. The fraction of sp³-hybridized carbons (Fsp3) is 0.875. The summed E-state index contributed by atoms with van der Waals surface area (Å²) in [5, 5.41) is 0. The molecule has 0 aromatic rings. The zero-order valence-corrected chi connectivity index (χ0v) is 11.9. The maximum absolute atomic E-state index is 12.7. The molecule has 2 saturated carbocycles. The van der Waals surface area contributed by atoms with E-state index in [1.54, 1.807) is 0 Å². The van der Waals surface area contributed by atoms with E-state index in [2.05, 4.69) is 11.8 Å². The van der Waals surface area contributed by atoms with Crippen molar-refractivity contribution >= 4 is 11.7 Å². The van der Waals surface area contributed by atoms with E-state index < -0.39 is 0 Å². The molecule has 0 aromatic heterocycles. The molecule has 3 aliphatic rings. The largest absolute Gasteiger partial charge is 0.339 e. The Kier molecular flexibility index (Phi) is 3.64. The fourth-order valence-electron chi connectivity index (χ4n) is 3.96. The Labute approximate surface area is 115 Å².